The van der Waals surface area contributed by atoms with E-state index in [2.05, 4.69) is 18.8 Å². The van der Waals surface area contributed by atoms with Crippen LogP contribution in [0.1, 0.15) is 19.4 Å². The molecule has 0 fully saturated rings. The van der Waals surface area contributed by atoms with Crippen LogP contribution in [0.4, 0.5) is 5.69 Å². The molecule has 2 N–H and O–H groups in total. The molecule has 13 heavy (non-hydrogen) atoms. The van der Waals surface area contributed by atoms with Gasteiger partial charge in [0.05, 0.1) is 12.8 Å². The average Bonchev–Trinajstić information content (AvgIpc) is 2.03. The van der Waals surface area contributed by atoms with Crippen LogP contribution in [0.5, 0.6) is 5.88 Å². The Balaban J connectivity index is 2.83. The van der Waals surface area contributed by atoms with Crippen molar-refractivity contribution in [3.8, 4) is 5.88 Å². The molecule has 0 aromatic carbocycles. The molecule has 0 aliphatic rings. The van der Waals surface area contributed by atoms with Crippen molar-refractivity contribution in [2.45, 2.75) is 20.3 Å². The van der Waals surface area contributed by atoms with E-state index < -0.39 is 0 Å². The molecule has 72 valence electrons. The quantitative estimate of drug-likeness (QED) is 0.772. The number of hydrogen-bond acceptors (Lipinski definition) is 3. The molecule has 3 heteroatoms. The summed E-state index contributed by atoms with van der Waals surface area (Å²) in [5.74, 6) is 1.13. The number of aromatic nitrogens is 1. The van der Waals surface area contributed by atoms with Crippen LogP contribution in [-0.4, -0.2) is 12.1 Å². The Labute approximate surface area is 78.9 Å². The number of nitrogens with zero attached hydrogens (tertiary/aromatic N) is 1. The molecule has 0 radical (unpaired) electrons. The Hall–Kier alpha value is -1.25. The predicted octanol–water partition coefficient (Wildman–Crippen LogP) is 1.87. The third-order valence-corrected chi connectivity index (χ3v) is 1.77. The van der Waals surface area contributed by atoms with Crippen LogP contribution < -0.4 is 10.5 Å². The summed E-state index contributed by atoms with van der Waals surface area (Å²) in [6.07, 6.45) is 2.82. The van der Waals surface area contributed by atoms with Crippen LogP contribution in [0.15, 0.2) is 12.3 Å². The fraction of sp³-hybridized carbons (Fsp3) is 0.500. The minimum Gasteiger partial charge on any atom is -0.480 e. The van der Waals surface area contributed by atoms with Gasteiger partial charge in [-0.25, -0.2) is 4.98 Å². The first-order chi connectivity index (χ1) is 6.13. The molecule has 0 saturated carbocycles. The summed E-state index contributed by atoms with van der Waals surface area (Å²) in [4.78, 5) is 4.10. The van der Waals surface area contributed by atoms with E-state index in [-0.39, 0.29) is 0 Å². The molecule has 0 aliphatic heterocycles. The van der Waals surface area contributed by atoms with E-state index in [1.54, 1.807) is 7.11 Å². The van der Waals surface area contributed by atoms with E-state index in [1.807, 2.05) is 12.3 Å². The van der Waals surface area contributed by atoms with Crippen LogP contribution in [0.3, 0.4) is 0 Å². The molecule has 1 aromatic rings. The number of hydrogen-bond donors (Lipinski definition) is 1. The lowest BCUT2D eigenvalue weighted by molar-refractivity contribution is 0.400. The van der Waals surface area contributed by atoms with Crippen LogP contribution in [0, 0.1) is 5.92 Å². The molecule has 0 aliphatic carbocycles. The van der Waals surface area contributed by atoms with Crippen molar-refractivity contribution in [1.82, 2.24) is 4.98 Å². The molecule has 0 atom stereocenters. The highest BCUT2D eigenvalue weighted by atomic mass is 16.5. The van der Waals surface area contributed by atoms with E-state index in [9.17, 15) is 0 Å². The highest BCUT2D eigenvalue weighted by molar-refractivity contribution is 5.49. The minimum absolute atomic E-state index is 0.507. The highest BCUT2D eigenvalue weighted by Gasteiger charge is 2.03. The van der Waals surface area contributed by atoms with Crippen LogP contribution >= 0.6 is 0 Å². The largest absolute Gasteiger partial charge is 0.480 e. The molecular weight excluding hydrogens is 164 g/mol. The molecule has 0 saturated heterocycles. The van der Waals surface area contributed by atoms with Gasteiger partial charge in [-0.15, -0.1) is 0 Å². The fourth-order valence-electron chi connectivity index (χ4n) is 1.27. The van der Waals surface area contributed by atoms with E-state index in [1.165, 1.54) is 0 Å². The monoisotopic (exact) mass is 180 g/mol. The Bertz CT molecular complexity index is 284. The zero-order valence-electron chi connectivity index (χ0n) is 8.37. The van der Waals surface area contributed by atoms with Gasteiger partial charge in [0.15, 0.2) is 0 Å². The maximum absolute atomic E-state index is 5.72. The summed E-state index contributed by atoms with van der Waals surface area (Å²) < 4.78 is 4.97. The van der Waals surface area contributed by atoms with Crippen LogP contribution in [0.25, 0.3) is 0 Å². The minimum atomic E-state index is 0.507. The summed E-state index contributed by atoms with van der Waals surface area (Å²) in [6, 6.07) is 1.92. The summed E-state index contributed by atoms with van der Waals surface area (Å²) in [6.45, 7) is 4.33. The van der Waals surface area contributed by atoms with E-state index in [0.717, 1.165) is 12.0 Å². The summed E-state index contributed by atoms with van der Waals surface area (Å²) in [5.41, 5.74) is 7.49. The number of methoxy groups -OCH3 is 1. The molecule has 3 nitrogen and oxygen atoms in total. The normalized spacial score (nSPS) is 10.5. The lowest BCUT2D eigenvalue weighted by Gasteiger charge is -2.07. The summed E-state index contributed by atoms with van der Waals surface area (Å²) in [7, 11) is 1.57. The Morgan fingerprint density at radius 1 is 1.54 bits per heavy atom. The summed E-state index contributed by atoms with van der Waals surface area (Å²) >= 11 is 0. The molecule has 1 aromatic heterocycles. The number of nitrogens with two attached hydrogens (primary N) is 1. The predicted molar refractivity (Wildman–Crippen MR) is 53.7 cm³/mol. The number of nitrogen functional groups attached to an aromatic ring is 1. The van der Waals surface area contributed by atoms with Gasteiger partial charge in [-0.1, -0.05) is 13.8 Å². The first-order valence-electron chi connectivity index (χ1n) is 4.42. The average molecular weight is 180 g/mol. The molecule has 0 unspecified atom stereocenters. The van der Waals surface area contributed by atoms with Gasteiger partial charge in [0.25, 0.3) is 0 Å². The van der Waals surface area contributed by atoms with Crippen molar-refractivity contribution >= 4 is 5.69 Å². The molecule has 1 rings (SSSR count). The van der Waals surface area contributed by atoms with Crippen LogP contribution in [0.2, 0.25) is 0 Å². The van der Waals surface area contributed by atoms with Crippen LogP contribution in [-0.2, 0) is 6.42 Å². The molecule has 0 amide bonds. The maximum Gasteiger partial charge on any atom is 0.236 e. The lowest BCUT2D eigenvalue weighted by Crippen LogP contribution is -1.99. The second kappa shape index (κ2) is 4.12. The molecule has 1 heterocycles. The first-order valence-corrected chi connectivity index (χ1v) is 4.42. The lowest BCUT2D eigenvalue weighted by atomic mass is 10.0. The highest BCUT2D eigenvalue weighted by Crippen LogP contribution is 2.19. The van der Waals surface area contributed by atoms with Gasteiger partial charge in [-0.05, 0) is 24.0 Å². The standard InChI is InChI=1S/C10H16N2O/c1-7(2)4-8-5-9(11)10(13-3)12-6-8/h5-7H,4,11H2,1-3H3. The van der Waals surface area contributed by atoms with Gasteiger partial charge in [-0.3, -0.25) is 0 Å². The maximum atomic E-state index is 5.72. The van der Waals surface area contributed by atoms with Gasteiger partial charge >= 0.3 is 0 Å². The smallest absolute Gasteiger partial charge is 0.236 e. The van der Waals surface area contributed by atoms with Gasteiger partial charge in [-0.2, -0.15) is 0 Å². The van der Waals surface area contributed by atoms with Crippen molar-refractivity contribution in [2.75, 3.05) is 12.8 Å². The van der Waals surface area contributed by atoms with Gasteiger partial charge in [0.1, 0.15) is 0 Å². The van der Waals surface area contributed by atoms with E-state index in [4.69, 9.17) is 10.5 Å². The number of pyridine rings is 1. The van der Waals surface area contributed by atoms with Crippen molar-refractivity contribution in [3.63, 3.8) is 0 Å². The van der Waals surface area contributed by atoms with E-state index in [0.29, 0.717) is 17.5 Å². The Morgan fingerprint density at radius 3 is 2.69 bits per heavy atom. The third-order valence-electron chi connectivity index (χ3n) is 1.77. The zero-order chi connectivity index (χ0) is 9.84. The zero-order valence-corrected chi connectivity index (χ0v) is 8.37. The molecular formula is C10H16N2O. The van der Waals surface area contributed by atoms with Crippen molar-refractivity contribution < 1.29 is 4.74 Å². The second-order valence-corrected chi connectivity index (χ2v) is 3.54. The first kappa shape index (κ1) is 9.84. The molecule has 0 bridgehead atoms. The fourth-order valence-corrected chi connectivity index (χ4v) is 1.27. The van der Waals surface area contributed by atoms with Gasteiger partial charge in [0.2, 0.25) is 5.88 Å². The number of rotatable bonds is 3. The van der Waals surface area contributed by atoms with Gasteiger partial charge in [0, 0.05) is 6.20 Å². The van der Waals surface area contributed by atoms with Gasteiger partial charge < -0.3 is 10.5 Å². The Kier molecular flexibility index (Phi) is 3.12. The molecule has 0 spiro atoms. The summed E-state index contributed by atoms with van der Waals surface area (Å²) in [5, 5.41) is 0. The Morgan fingerprint density at radius 2 is 2.23 bits per heavy atom. The van der Waals surface area contributed by atoms with Crippen molar-refractivity contribution in [1.29, 1.82) is 0 Å². The third kappa shape index (κ3) is 2.61. The topological polar surface area (TPSA) is 48.1 Å². The number of anilines is 1. The number of ether oxygens (including phenoxy) is 1. The van der Waals surface area contributed by atoms with Crippen molar-refractivity contribution in [2.24, 2.45) is 5.92 Å². The SMILES string of the molecule is COc1ncc(CC(C)C)cc1N. The van der Waals surface area contributed by atoms with E-state index >= 15 is 0 Å². The van der Waals surface area contributed by atoms with Crippen molar-refractivity contribution in [3.05, 3.63) is 17.8 Å². The second-order valence-electron chi connectivity index (χ2n) is 3.54.